The van der Waals surface area contributed by atoms with Crippen LogP contribution in [0, 0.1) is 0 Å². The first kappa shape index (κ1) is 28.1. The Hall–Kier alpha value is -3.93. The van der Waals surface area contributed by atoms with Crippen LogP contribution in [-0.2, 0) is 10.0 Å². The molecule has 1 heterocycles. The molecule has 39 heavy (non-hydrogen) atoms. The summed E-state index contributed by atoms with van der Waals surface area (Å²) in [6.07, 6.45) is 0. The Morgan fingerprint density at radius 1 is 1.00 bits per heavy atom. The second-order valence-electron chi connectivity index (χ2n) is 9.15. The fraction of sp³-hybridized carbons (Fsp3) is 0.222. The van der Waals surface area contributed by atoms with Crippen molar-refractivity contribution in [2.75, 3.05) is 37.8 Å². The van der Waals surface area contributed by atoms with E-state index >= 15 is 0 Å². The Bertz CT molecular complexity index is 1610. The lowest BCUT2D eigenvalue weighted by atomic mass is 10.2. The molecule has 1 aromatic heterocycles. The summed E-state index contributed by atoms with van der Waals surface area (Å²) in [6.45, 7) is 2.51. The van der Waals surface area contributed by atoms with Gasteiger partial charge in [-0.25, -0.2) is 18.4 Å². The van der Waals surface area contributed by atoms with Gasteiger partial charge in [0.25, 0.3) is 15.9 Å². The number of para-hydroxylation sites is 2. The standard InChI is InChI=1S/C27H29ClN6O4S/c1-17(16-34(2)3)29-27(35)18-8-7-9-20(14-18)39(36,37)33-26-25(30-22-10-5-6-11-23(22)31-26)32-24-15-19(38-4)12-13-21(24)28/h5-15,17H,16H2,1-4H3,(H,29,35)(H,30,32)(H,31,33). The van der Waals surface area contributed by atoms with E-state index in [9.17, 15) is 13.2 Å². The summed E-state index contributed by atoms with van der Waals surface area (Å²) >= 11 is 6.37. The van der Waals surface area contributed by atoms with Crippen LogP contribution in [0.3, 0.4) is 0 Å². The van der Waals surface area contributed by atoms with Crippen LogP contribution in [0.25, 0.3) is 11.0 Å². The predicted molar refractivity (Wildman–Crippen MR) is 154 cm³/mol. The minimum Gasteiger partial charge on any atom is -0.497 e. The number of amides is 1. The van der Waals surface area contributed by atoms with Crippen LogP contribution in [0.5, 0.6) is 5.75 Å². The number of methoxy groups -OCH3 is 1. The molecule has 12 heteroatoms. The summed E-state index contributed by atoms with van der Waals surface area (Å²) in [6, 6.07) is 17.8. The largest absolute Gasteiger partial charge is 0.497 e. The van der Waals surface area contributed by atoms with Gasteiger partial charge in [-0.05, 0) is 63.5 Å². The summed E-state index contributed by atoms with van der Waals surface area (Å²) in [5, 5.41) is 6.32. The molecule has 0 aliphatic rings. The molecule has 10 nitrogen and oxygen atoms in total. The zero-order valence-electron chi connectivity index (χ0n) is 21.9. The SMILES string of the molecule is COc1ccc(Cl)c(Nc2nc3ccccc3nc2NS(=O)(=O)c2cccc(C(=O)NC(C)CN(C)C)c2)c1. The normalized spacial score (nSPS) is 12.3. The number of benzene rings is 3. The van der Waals surface area contributed by atoms with Gasteiger partial charge >= 0.3 is 0 Å². The number of nitrogens with one attached hydrogen (secondary N) is 3. The van der Waals surface area contributed by atoms with Crippen molar-refractivity contribution in [3.05, 3.63) is 77.3 Å². The molecule has 3 aromatic carbocycles. The van der Waals surface area contributed by atoms with Crippen LogP contribution < -0.4 is 20.1 Å². The van der Waals surface area contributed by atoms with Crippen LogP contribution in [0.2, 0.25) is 5.02 Å². The maximum absolute atomic E-state index is 13.5. The zero-order valence-corrected chi connectivity index (χ0v) is 23.5. The maximum Gasteiger partial charge on any atom is 0.263 e. The van der Waals surface area contributed by atoms with Gasteiger partial charge in [-0.2, -0.15) is 0 Å². The molecule has 0 radical (unpaired) electrons. The lowest BCUT2D eigenvalue weighted by Gasteiger charge is -2.18. The second kappa shape index (κ2) is 11.9. The van der Waals surface area contributed by atoms with Crippen molar-refractivity contribution in [3.63, 3.8) is 0 Å². The number of hydrogen-bond donors (Lipinski definition) is 3. The number of hydrogen-bond acceptors (Lipinski definition) is 8. The molecule has 3 N–H and O–H groups in total. The van der Waals surface area contributed by atoms with E-state index in [0.717, 1.165) is 0 Å². The quantitative estimate of drug-likeness (QED) is 0.255. The Kier molecular flexibility index (Phi) is 8.54. The molecule has 0 saturated carbocycles. The maximum atomic E-state index is 13.5. The fourth-order valence-electron chi connectivity index (χ4n) is 3.90. The van der Waals surface area contributed by atoms with E-state index in [2.05, 4.69) is 25.3 Å². The molecule has 0 fully saturated rings. The number of anilines is 3. The summed E-state index contributed by atoms with van der Waals surface area (Å²) in [5.74, 6) is 0.274. The van der Waals surface area contributed by atoms with E-state index in [0.29, 0.717) is 34.0 Å². The van der Waals surface area contributed by atoms with Gasteiger partial charge in [-0.1, -0.05) is 29.8 Å². The highest BCUT2D eigenvalue weighted by atomic mass is 35.5. The minimum atomic E-state index is -4.16. The highest BCUT2D eigenvalue weighted by Crippen LogP contribution is 2.32. The molecule has 1 unspecified atom stereocenters. The van der Waals surface area contributed by atoms with Crippen LogP contribution in [-0.4, -0.2) is 63.0 Å². The first-order chi connectivity index (χ1) is 18.6. The van der Waals surface area contributed by atoms with Crippen molar-refractivity contribution in [1.29, 1.82) is 0 Å². The average molecular weight is 569 g/mol. The van der Waals surface area contributed by atoms with Crippen molar-refractivity contribution in [2.45, 2.75) is 17.9 Å². The number of ether oxygens (including phenoxy) is 1. The summed E-state index contributed by atoms with van der Waals surface area (Å²) in [5.41, 5.74) is 1.70. The van der Waals surface area contributed by atoms with Crippen LogP contribution in [0.1, 0.15) is 17.3 Å². The Balaban J connectivity index is 1.67. The van der Waals surface area contributed by atoms with Crippen LogP contribution in [0.4, 0.5) is 17.3 Å². The van der Waals surface area contributed by atoms with E-state index in [4.69, 9.17) is 16.3 Å². The molecule has 1 amide bonds. The first-order valence-electron chi connectivity index (χ1n) is 12.0. The molecule has 4 rings (SSSR count). The summed E-state index contributed by atoms with van der Waals surface area (Å²) < 4.78 is 34.7. The van der Waals surface area contributed by atoms with Gasteiger partial charge < -0.3 is 20.3 Å². The van der Waals surface area contributed by atoms with Gasteiger partial charge in [0.2, 0.25) is 0 Å². The molecule has 0 spiro atoms. The summed E-state index contributed by atoms with van der Waals surface area (Å²) in [7, 11) is 1.18. The molecule has 204 valence electrons. The molecule has 0 aliphatic carbocycles. The van der Waals surface area contributed by atoms with Gasteiger partial charge in [0.1, 0.15) is 5.75 Å². The molecule has 1 atom stereocenters. The van der Waals surface area contributed by atoms with Gasteiger partial charge in [0, 0.05) is 24.2 Å². The van der Waals surface area contributed by atoms with Crippen molar-refractivity contribution < 1.29 is 17.9 Å². The van der Waals surface area contributed by atoms with Crippen molar-refractivity contribution in [1.82, 2.24) is 20.2 Å². The van der Waals surface area contributed by atoms with E-state index in [1.165, 1.54) is 25.3 Å². The van der Waals surface area contributed by atoms with E-state index in [1.54, 1.807) is 48.5 Å². The number of fused-ring (bicyclic) bond motifs is 1. The smallest absolute Gasteiger partial charge is 0.263 e. The van der Waals surface area contributed by atoms with Gasteiger partial charge in [0.15, 0.2) is 11.6 Å². The van der Waals surface area contributed by atoms with Crippen molar-refractivity contribution >= 4 is 55.9 Å². The Labute approximate surface area is 232 Å². The van der Waals surface area contributed by atoms with Gasteiger partial charge in [-0.15, -0.1) is 0 Å². The third-order valence-corrected chi connectivity index (χ3v) is 7.32. The van der Waals surface area contributed by atoms with Crippen molar-refractivity contribution in [3.8, 4) is 5.75 Å². The highest BCUT2D eigenvalue weighted by molar-refractivity contribution is 7.92. The number of carbonyl (C=O) groups excluding carboxylic acids is 1. The Morgan fingerprint density at radius 2 is 1.69 bits per heavy atom. The number of carbonyl (C=O) groups is 1. The van der Waals surface area contributed by atoms with Gasteiger partial charge in [-0.3, -0.25) is 9.52 Å². The number of halogens is 1. The van der Waals surface area contributed by atoms with Crippen LogP contribution >= 0.6 is 11.6 Å². The van der Waals surface area contributed by atoms with Crippen molar-refractivity contribution in [2.24, 2.45) is 0 Å². The number of rotatable bonds is 10. The van der Waals surface area contributed by atoms with Crippen LogP contribution in [0.15, 0.2) is 71.6 Å². The lowest BCUT2D eigenvalue weighted by Crippen LogP contribution is -2.39. The number of nitrogens with zero attached hydrogens (tertiary/aromatic N) is 3. The monoisotopic (exact) mass is 568 g/mol. The second-order valence-corrected chi connectivity index (χ2v) is 11.2. The zero-order chi connectivity index (χ0) is 28.2. The fourth-order valence-corrected chi connectivity index (χ4v) is 5.12. The molecule has 0 bridgehead atoms. The molecule has 0 aliphatic heterocycles. The predicted octanol–water partition coefficient (Wildman–Crippen LogP) is 4.52. The summed E-state index contributed by atoms with van der Waals surface area (Å²) in [4.78, 5) is 23.7. The highest BCUT2D eigenvalue weighted by Gasteiger charge is 2.21. The molecule has 0 saturated heterocycles. The minimum absolute atomic E-state index is 0.0398. The first-order valence-corrected chi connectivity index (χ1v) is 13.9. The van der Waals surface area contributed by atoms with Gasteiger partial charge in [0.05, 0.1) is 33.7 Å². The average Bonchev–Trinajstić information content (AvgIpc) is 2.89. The third kappa shape index (κ3) is 6.94. The molecular weight excluding hydrogens is 540 g/mol. The third-order valence-electron chi connectivity index (χ3n) is 5.65. The topological polar surface area (TPSA) is 126 Å². The Morgan fingerprint density at radius 3 is 2.36 bits per heavy atom. The van der Waals surface area contributed by atoms with E-state index in [1.807, 2.05) is 25.9 Å². The number of sulfonamides is 1. The van der Waals surface area contributed by atoms with E-state index in [-0.39, 0.29) is 34.0 Å². The lowest BCUT2D eigenvalue weighted by molar-refractivity contribution is 0.0934. The number of likely N-dealkylation sites (N-methyl/N-ethyl adjacent to an activating group) is 1. The van der Waals surface area contributed by atoms with E-state index < -0.39 is 10.0 Å². The number of aromatic nitrogens is 2. The molecule has 4 aromatic rings. The molecular formula is C27H29ClN6O4S.